The van der Waals surface area contributed by atoms with Gasteiger partial charge in [0.2, 0.25) is 0 Å². The van der Waals surface area contributed by atoms with Gasteiger partial charge in [0, 0.05) is 6.20 Å². The number of rotatable bonds is 6. The number of anilines is 1. The van der Waals surface area contributed by atoms with Crippen molar-refractivity contribution in [2.24, 2.45) is 5.84 Å². The highest BCUT2D eigenvalue weighted by Crippen LogP contribution is 2.28. The Hall–Kier alpha value is -1.59. The van der Waals surface area contributed by atoms with E-state index in [2.05, 4.69) is 43.3 Å². The highest BCUT2D eigenvalue weighted by Gasteiger charge is 2.17. The zero-order valence-corrected chi connectivity index (χ0v) is 13.0. The molecule has 0 amide bonds. The van der Waals surface area contributed by atoms with E-state index in [1.54, 1.807) is 6.20 Å². The fraction of sp³-hybridized carbons (Fsp3) is 0.400. The predicted octanol–water partition coefficient (Wildman–Crippen LogP) is 3.70. The Labute approximate surface area is 124 Å². The lowest BCUT2D eigenvalue weighted by molar-refractivity contribution is 0.309. The number of aromatic nitrogens is 1. The van der Waals surface area contributed by atoms with Crippen LogP contribution in [0.15, 0.2) is 30.5 Å². The van der Waals surface area contributed by atoms with Crippen molar-refractivity contribution < 1.29 is 4.74 Å². The smallest absolute Gasteiger partial charge is 0.197 e. The number of nitrogens with two attached hydrogens (primary N) is 1. The van der Waals surface area contributed by atoms with Gasteiger partial charge in [-0.05, 0) is 29.5 Å². The molecule has 0 bridgehead atoms. The van der Waals surface area contributed by atoms with Crippen LogP contribution in [-0.2, 0) is 12.0 Å². The lowest BCUT2D eigenvalue weighted by atomic mass is 9.82. The van der Waals surface area contributed by atoms with Crippen LogP contribution in [0.5, 0.6) is 5.75 Å². The van der Waals surface area contributed by atoms with Gasteiger partial charge in [-0.15, -0.1) is 0 Å². The van der Waals surface area contributed by atoms with Crippen LogP contribution in [0.4, 0.5) is 5.13 Å². The normalized spacial score (nSPS) is 11.4. The molecule has 0 saturated heterocycles. The summed E-state index contributed by atoms with van der Waals surface area (Å²) in [4.78, 5) is 5.14. The van der Waals surface area contributed by atoms with E-state index in [9.17, 15) is 0 Å². The molecule has 0 atom stereocenters. The number of thiazole rings is 1. The zero-order chi connectivity index (χ0) is 14.6. The summed E-state index contributed by atoms with van der Waals surface area (Å²) in [5.74, 6) is 6.17. The van der Waals surface area contributed by atoms with Crippen LogP contribution in [0.2, 0.25) is 0 Å². The molecule has 1 aromatic carbocycles. The molecule has 4 nitrogen and oxygen atoms in total. The second-order valence-corrected chi connectivity index (χ2v) is 6.44. The Morgan fingerprint density at radius 1 is 1.30 bits per heavy atom. The molecule has 0 aliphatic heterocycles. The molecule has 0 aliphatic rings. The van der Waals surface area contributed by atoms with Crippen LogP contribution in [-0.4, -0.2) is 4.98 Å². The van der Waals surface area contributed by atoms with Crippen molar-refractivity contribution in [1.82, 2.24) is 4.98 Å². The van der Waals surface area contributed by atoms with Gasteiger partial charge in [0.15, 0.2) is 5.13 Å². The van der Waals surface area contributed by atoms with Crippen LogP contribution >= 0.6 is 11.3 Å². The minimum absolute atomic E-state index is 0.206. The Morgan fingerprint density at radius 2 is 2.00 bits per heavy atom. The third-order valence-electron chi connectivity index (χ3n) is 3.58. The number of benzene rings is 1. The van der Waals surface area contributed by atoms with Crippen molar-refractivity contribution in [2.75, 3.05) is 5.43 Å². The molecule has 0 fully saturated rings. The summed E-state index contributed by atoms with van der Waals surface area (Å²) in [5, 5.41) is 0.698. The minimum Gasteiger partial charge on any atom is -0.488 e. The van der Waals surface area contributed by atoms with Gasteiger partial charge in [0.25, 0.3) is 0 Å². The molecule has 2 rings (SSSR count). The van der Waals surface area contributed by atoms with Crippen molar-refractivity contribution in [3.63, 3.8) is 0 Å². The van der Waals surface area contributed by atoms with E-state index >= 15 is 0 Å². The Bertz CT molecular complexity index is 549. The van der Waals surface area contributed by atoms with Gasteiger partial charge >= 0.3 is 0 Å². The second kappa shape index (κ2) is 6.24. The van der Waals surface area contributed by atoms with Gasteiger partial charge in [-0.2, -0.15) is 0 Å². The van der Waals surface area contributed by atoms with Gasteiger partial charge in [0.05, 0.1) is 4.88 Å². The zero-order valence-electron chi connectivity index (χ0n) is 12.1. The number of nitrogen functional groups attached to an aromatic ring is 1. The van der Waals surface area contributed by atoms with E-state index in [1.165, 1.54) is 16.9 Å². The van der Waals surface area contributed by atoms with E-state index in [0.717, 1.165) is 17.0 Å². The van der Waals surface area contributed by atoms with Crippen LogP contribution in [0, 0.1) is 0 Å². The number of nitrogens with one attached hydrogen (secondary N) is 1. The standard InChI is InChI=1S/C15H21N3OS/c1-4-15(2,3)11-5-7-12(8-6-11)19-10-13-9-17-14(18-16)20-13/h5-9H,4,10,16H2,1-3H3,(H,17,18). The largest absolute Gasteiger partial charge is 0.488 e. The van der Waals surface area contributed by atoms with Crippen molar-refractivity contribution in [3.05, 3.63) is 40.9 Å². The average molecular weight is 291 g/mol. The summed E-state index contributed by atoms with van der Waals surface area (Å²) in [6, 6.07) is 8.32. The second-order valence-electron chi connectivity index (χ2n) is 5.33. The van der Waals surface area contributed by atoms with Crippen LogP contribution in [0.1, 0.15) is 37.6 Å². The Balaban J connectivity index is 1.97. The lowest BCUT2D eigenvalue weighted by Gasteiger charge is -2.23. The van der Waals surface area contributed by atoms with Gasteiger partial charge in [-0.1, -0.05) is 44.2 Å². The minimum atomic E-state index is 0.206. The molecule has 108 valence electrons. The first-order valence-electron chi connectivity index (χ1n) is 6.70. The third kappa shape index (κ3) is 3.49. The monoisotopic (exact) mass is 291 g/mol. The number of nitrogens with zero attached hydrogens (tertiary/aromatic N) is 1. The van der Waals surface area contributed by atoms with Crippen molar-refractivity contribution in [3.8, 4) is 5.75 Å². The summed E-state index contributed by atoms with van der Waals surface area (Å²) in [5.41, 5.74) is 4.07. The highest BCUT2D eigenvalue weighted by atomic mass is 32.1. The van der Waals surface area contributed by atoms with Crippen LogP contribution in [0.3, 0.4) is 0 Å². The molecular formula is C15H21N3OS. The van der Waals surface area contributed by atoms with E-state index in [4.69, 9.17) is 10.6 Å². The number of ether oxygens (including phenoxy) is 1. The molecule has 0 radical (unpaired) electrons. The summed E-state index contributed by atoms with van der Waals surface area (Å²) in [7, 11) is 0. The van der Waals surface area contributed by atoms with Gasteiger partial charge < -0.3 is 4.74 Å². The fourth-order valence-corrected chi connectivity index (χ4v) is 2.44. The lowest BCUT2D eigenvalue weighted by Crippen LogP contribution is -2.14. The van der Waals surface area contributed by atoms with Crippen molar-refractivity contribution in [2.45, 2.75) is 39.2 Å². The molecule has 3 N–H and O–H groups in total. The highest BCUT2D eigenvalue weighted by molar-refractivity contribution is 7.15. The van der Waals surface area contributed by atoms with E-state index in [0.29, 0.717) is 11.7 Å². The topological polar surface area (TPSA) is 60.2 Å². The van der Waals surface area contributed by atoms with Crippen LogP contribution < -0.4 is 16.0 Å². The summed E-state index contributed by atoms with van der Waals surface area (Å²) >= 11 is 1.49. The SMILES string of the molecule is CCC(C)(C)c1ccc(OCc2cnc(NN)s2)cc1. The molecule has 2 aromatic rings. The number of hydrogen-bond donors (Lipinski definition) is 2. The molecule has 1 heterocycles. The first kappa shape index (κ1) is 14.8. The van der Waals surface area contributed by atoms with Gasteiger partial charge in [-0.25, -0.2) is 10.8 Å². The number of hydrazine groups is 1. The summed E-state index contributed by atoms with van der Waals surface area (Å²) < 4.78 is 5.75. The first-order valence-corrected chi connectivity index (χ1v) is 7.51. The Kier molecular flexibility index (Phi) is 4.62. The molecule has 0 saturated carbocycles. The third-order valence-corrected chi connectivity index (χ3v) is 4.48. The van der Waals surface area contributed by atoms with Crippen LogP contribution in [0.25, 0.3) is 0 Å². The molecule has 0 unspecified atom stereocenters. The quantitative estimate of drug-likeness (QED) is 0.629. The molecule has 0 aliphatic carbocycles. The predicted molar refractivity (Wildman–Crippen MR) is 84.0 cm³/mol. The maximum Gasteiger partial charge on any atom is 0.197 e. The molecular weight excluding hydrogens is 270 g/mol. The molecule has 20 heavy (non-hydrogen) atoms. The number of hydrogen-bond acceptors (Lipinski definition) is 5. The van der Waals surface area contributed by atoms with Crippen molar-refractivity contribution in [1.29, 1.82) is 0 Å². The van der Waals surface area contributed by atoms with E-state index in [-0.39, 0.29) is 5.41 Å². The van der Waals surface area contributed by atoms with E-state index < -0.39 is 0 Å². The average Bonchev–Trinajstić information content (AvgIpc) is 2.93. The Morgan fingerprint density at radius 3 is 2.55 bits per heavy atom. The van der Waals surface area contributed by atoms with E-state index in [1.807, 2.05) is 12.1 Å². The van der Waals surface area contributed by atoms with Gasteiger partial charge in [-0.3, -0.25) is 5.43 Å². The molecule has 0 spiro atoms. The van der Waals surface area contributed by atoms with Crippen molar-refractivity contribution >= 4 is 16.5 Å². The summed E-state index contributed by atoms with van der Waals surface area (Å²) in [6.45, 7) is 7.22. The first-order chi connectivity index (χ1) is 9.55. The summed E-state index contributed by atoms with van der Waals surface area (Å²) in [6.07, 6.45) is 2.89. The van der Waals surface area contributed by atoms with Gasteiger partial charge in [0.1, 0.15) is 12.4 Å². The fourth-order valence-electron chi connectivity index (χ4n) is 1.80. The maximum atomic E-state index is 5.75. The molecule has 5 heteroatoms. The maximum absolute atomic E-state index is 5.75. The molecule has 1 aromatic heterocycles.